The molecule has 0 aromatic rings. The third-order valence-electron chi connectivity index (χ3n) is 0.559. The van der Waals surface area contributed by atoms with E-state index in [-0.39, 0.29) is 0 Å². The smallest absolute Gasteiger partial charge is 0.171 e. The van der Waals surface area contributed by atoms with E-state index in [9.17, 15) is 13.2 Å². The van der Waals surface area contributed by atoms with Gasteiger partial charge in [-0.05, 0) is 5.53 Å². The van der Waals surface area contributed by atoms with Gasteiger partial charge in [-0.15, -0.1) is 0 Å². The standard InChI is InChI=1S/C3H4F3N3/c4-3(5,6)1-2-8-9-7/h1-2H2. The summed E-state index contributed by atoms with van der Waals surface area (Å²) in [6.45, 7) is -0.514. The van der Waals surface area contributed by atoms with Gasteiger partial charge in [-0.3, -0.25) is 0 Å². The van der Waals surface area contributed by atoms with E-state index >= 15 is 0 Å². The summed E-state index contributed by atoms with van der Waals surface area (Å²) in [5.41, 5.74) is 7.55. The molecule has 0 aliphatic heterocycles. The zero-order valence-corrected chi connectivity index (χ0v) is 4.39. The maximum Gasteiger partial charge on any atom is 0.389 e. The number of halogens is 3. The first-order valence-corrected chi connectivity index (χ1v) is 2.14. The van der Waals surface area contributed by atoms with Crippen molar-refractivity contribution in [3.05, 3.63) is 10.4 Å². The highest BCUT2D eigenvalue weighted by Crippen LogP contribution is 2.18. The predicted molar refractivity (Wildman–Crippen MR) is 24.7 cm³/mol. The maximum absolute atomic E-state index is 11.2. The van der Waals surface area contributed by atoms with Crippen molar-refractivity contribution in [1.29, 1.82) is 0 Å². The summed E-state index contributed by atoms with van der Waals surface area (Å²) < 4.78 is 33.6. The number of rotatable bonds is 2. The van der Waals surface area contributed by atoms with E-state index in [4.69, 9.17) is 5.53 Å². The zero-order valence-electron chi connectivity index (χ0n) is 4.39. The SMILES string of the molecule is [N-]=[N+]=NCCC(F)(F)F. The van der Waals surface area contributed by atoms with Crippen molar-refractivity contribution in [2.45, 2.75) is 12.6 Å². The van der Waals surface area contributed by atoms with Crippen LogP contribution in [0.15, 0.2) is 5.11 Å². The molecular weight excluding hydrogens is 135 g/mol. The highest BCUT2D eigenvalue weighted by atomic mass is 19.4. The van der Waals surface area contributed by atoms with E-state index < -0.39 is 19.1 Å². The molecule has 0 saturated heterocycles. The third-order valence-corrected chi connectivity index (χ3v) is 0.559. The molecule has 0 saturated carbocycles. The molecule has 0 N–H and O–H groups in total. The second kappa shape index (κ2) is 3.19. The fourth-order valence-electron chi connectivity index (χ4n) is 0.221. The van der Waals surface area contributed by atoms with E-state index in [1.807, 2.05) is 0 Å². The number of hydrogen-bond donors (Lipinski definition) is 0. The number of azide groups is 1. The molecule has 0 bridgehead atoms. The summed E-state index contributed by atoms with van der Waals surface area (Å²) >= 11 is 0. The van der Waals surface area contributed by atoms with Crippen molar-refractivity contribution >= 4 is 0 Å². The van der Waals surface area contributed by atoms with Gasteiger partial charge in [-0.25, -0.2) is 0 Å². The normalized spacial score (nSPS) is 10.6. The van der Waals surface area contributed by atoms with Crippen molar-refractivity contribution in [1.82, 2.24) is 0 Å². The molecule has 0 fully saturated rings. The molecule has 0 aliphatic carbocycles. The average Bonchev–Trinajstić information content (AvgIpc) is 1.63. The van der Waals surface area contributed by atoms with Gasteiger partial charge in [-0.1, -0.05) is 5.11 Å². The molecule has 0 rings (SSSR count). The Balaban J connectivity index is 3.39. The van der Waals surface area contributed by atoms with Gasteiger partial charge in [0, 0.05) is 17.9 Å². The largest absolute Gasteiger partial charge is 0.389 e. The van der Waals surface area contributed by atoms with Crippen molar-refractivity contribution in [3.8, 4) is 0 Å². The second-order valence-electron chi connectivity index (χ2n) is 1.32. The molecule has 3 nitrogen and oxygen atoms in total. The Morgan fingerprint density at radius 2 is 2.00 bits per heavy atom. The van der Waals surface area contributed by atoms with Gasteiger partial charge < -0.3 is 0 Å². The topological polar surface area (TPSA) is 48.8 Å². The first-order chi connectivity index (χ1) is 4.06. The lowest BCUT2D eigenvalue weighted by molar-refractivity contribution is -0.132. The lowest BCUT2D eigenvalue weighted by Gasteiger charge is -2.00. The lowest BCUT2D eigenvalue weighted by atomic mass is 10.4. The molecule has 0 spiro atoms. The minimum absolute atomic E-state index is 0.514. The van der Waals surface area contributed by atoms with Crippen LogP contribution in [0.5, 0.6) is 0 Å². The number of hydrogen-bond acceptors (Lipinski definition) is 1. The molecule has 0 radical (unpaired) electrons. The molecule has 0 amide bonds. The molecule has 0 unspecified atom stereocenters. The Hall–Kier alpha value is -0.900. The molecule has 0 aromatic heterocycles. The van der Waals surface area contributed by atoms with Crippen LogP contribution in [-0.2, 0) is 0 Å². The second-order valence-corrected chi connectivity index (χ2v) is 1.32. The lowest BCUT2D eigenvalue weighted by Crippen LogP contribution is -2.07. The fraction of sp³-hybridized carbons (Fsp3) is 1.00. The maximum atomic E-state index is 11.2. The fourth-order valence-corrected chi connectivity index (χ4v) is 0.221. The molecule has 0 aliphatic rings. The predicted octanol–water partition coefficient (Wildman–Crippen LogP) is 2.25. The monoisotopic (exact) mass is 139 g/mol. The quantitative estimate of drug-likeness (QED) is 0.320. The van der Waals surface area contributed by atoms with Crippen LogP contribution >= 0.6 is 0 Å². The van der Waals surface area contributed by atoms with Crippen LogP contribution in [0.4, 0.5) is 13.2 Å². The van der Waals surface area contributed by atoms with Gasteiger partial charge in [0.1, 0.15) is 0 Å². The molecule has 6 heteroatoms. The highest BCUT2D eigenvalue weighted by Gasteiger charge is 2.25. The van der Waals surface area contributed by atoms with Crippen LogP contribution in [0.1, 0.15) is 6.42 Å². The van der Waals surface area contributed by atoms with E-state index in [1.165, 1.54) is 0 Å². The Morgan fingerprint density at radius 3 is 2.33 bits per heavy atom. The summed E-state index contributed by atoms with van der Waals surface area (Å²) in [6.07, 6.45) is -5.26. The van der Waals surface area contributed by atoms with E-state index in [0.717, 1.165) is 0 Å². The van der Waals surface area contributed by atoms with E-state index in [0.29, 0.717) is 0 Å². The third kappa shape index (κ3) is 7.10. The van der Waals surface area contributed by atoms with E-state index in [1.54, 1.807) is 0 Å². The Labute approximate surface area is 49.1 Å². The van der Waals surface area contributed by atoms with Crippen molar-refractivity contribution in [2.75, 3.05) is 6.54 Å². The van der Waals surface area contributed by atoms with Gasteiger partial charge in [0.2, 0.25) is 0 Å². The van der Waals surface area contributed by atoms with Gasteiger partial charge in [0.15, 0.2) is 0 Å². The molecule has 0 aromatic carbocycles. The van der Waals surface area contributed by atoms with Crippen LogP contribution in [0.2, 0.25) is 0 Å². The van der Waals surface area contributed by atoms with Crippen molar-refractivity contribution < 1.29 is 13.2 Å². The minimum atomic E-state index is -4.21. The van der Waals surface area contributed by atoms with Crippen LogP contribution in [0.25, 0.3) is 10.4 Å². The molecular formula is C3H4F3N3. The van der Waals surface area contributed by atoms with Crippen LogP contribution in [0.3, 0.4) is 0 Å². The van der Waals surface area contributed by atoms with Crippen molar-refractivity contribution in [3.63, 3.8) is 0 Å². The Morgan fingerprint density at radius 1 is 1.44 bits per heavy atom. The number of nitrogens with zero attached hydrogens (tertiary/aromatic N) is 3. The molecule has 52 valence electrons. The van der Waals surface area contributed by atoms with Crippen molar-refractivity contribution in [2.24, 2.45) is 5.11 Å². The first-order valence-electron chi connectivity index (χ1n) is 2.14. The van der Waals surface area contributed by atoms with Crippen LogP contribution in [-0.4, -0.2) is 12.7 Å². The summed E-state index contributed by atoms with van der Waals surface area (Å²) in [5.74, 6) is 0. The number of alkyl halides is 3. The van der Waals surface area contributed by atoms with Gasteiger partial charge in [-0.2, -0.15) is 13.2 Å². The van der Waals surface area contributed by atoms with E-state index in [2.05, 4.69) is 10.0 Å². The molecule has 0 heterocycles. The summed E-state index contributed by atoms with van der Waals surface area (Å²) in [6, 6.07) is 0. The van der Waals surface area contributed by atoms with Crippen LogP contribution in [0, 0.1) is 0 Å². The Kier molecular flexibility index (Phi) is 2.87. The molecule has 9 heavy (non-hydrogen) atoms. The minimum Gasteiger partial charge on any atom is -0.171 e. The molecule has 0 atom stereocenters. The average molecular weight is 139 g/mol. The van der Waals surface area contributed by atoms with Crippen LogP contribution < -0.4 is 0 Å². The summed E-state index contributed by atoms with van der Waals surface area (Å²) in [7, 11) is 0. The zero-order chi connectivity index (χ0) is 7.33. The Bertz CT molecular complexity index is 123. The van der Waals surface area contributed by atoms with Gasteiger partial charge >= 0.3 is 6.18 Å². The summed E-state index contributed by atoms with van der Waals surface area (Å²) in [4.78, 5) is 2.16. The highest BCUT2D eigenvalue weighted by molar-refractivity contribution is 4.53. The van der Waals surface area contributed by atoms with Gasteiger partial charge in [0.25, 0.3) is 0 Å². The summed E-state index contributed by atoms with van der Waals surface area (Å²) in [5, 5.41) is 2.72. The first kappa shape index (κ1) is 8.10. The van der Waals surface area contributed by atoms with Gasteiger partial charge in [0.05, 0.1) is 0 Å².